The molecule has 3 nitrogen and oxygen atoms in total. The van der Waals surface area contributed by atoms with Crippen molar-refractivity contribution in [3.63, 3.8) is 0 Å². The molecule has 0 saturated heterocycles. The summed E-state index contributed by atoms with van der Waals surface area (Å²) in [5.41, 5.74) is -0.0837. The van der Waals surface area contributed by atoms with Crippen LogP contribution in [0.3, 0.4) is 0 Å². The first kappa shape index (κ1) is 15.3. The molecule has 0 saturated carbocycles. The molecule has 20 heavy (non-hydrogen) atoms. The van der Waals surface area contributed by atoms with Crippen LogP contribution in [0.25, 0.3) is 0 Å². The Morgan fingerprint density at radius 1 is 0.950 bits per heavy atom. The summed E-state index contributed by atoms with van der Waals surface area (Å²) in [5.74, 6) is -1.02. The van der Waals surface area contributed by atoms with Crippen LogP contribution >= 0.6 is 46.4 Å². The summed E-state index contributed by atoms with van der Waals surface area (Å²) in [7, 11) is 0. The summed E-state index contributed by atoms with van der Waals surface area (Å²) in [6.45, 7) is 0. The number of para-hydroxylation sites is 1. The van der Waals surface area contributed by atoms with Crippen molar-refractivity contribution in [3.8, 4) is 11.5 Å². The van der Waals surface area contributed by atoms with Crippen LogP contribution in [-0.2, 0) is 0 Å². The minimum Gasteiger partial charge on any atom is -0.478 e. The van der Waals surface area contributed by atoms with Crippen molar-refractivity contribution in [1.82, 2.24) is 0 Å². The quantitative estimate of drug-likeness (QED) is 0.711. The van der Waals surface area contributed by atoms with Gasteiger partial charge in [0.2, 0.25) is 0 Å². The van der Waals surface area contributed by atoms with E-state index in [-0.39, 0.29) is 37.2 Å². The standard InChI is InChI=1S/C13H6Cl4O3/c14-7-3-1-2-6(13(18)19)12(7)20-11-5-9(16)8(15)4-10(11)17/h1-5H,(H,18,19). The molecule has 0 aliphatic carbocycles. The predicted octanol–water partition coefficient (Wildman–Crippen LogP) is 5.79. The Hall–Kier alpha value is -1.13. The fraction of sp³-hybridized carbons (Fsp3) is 0. The lowest BCUT2D eigenvalue weighted by Gasteiger charge is -2.12. The molecule has 0 radical (unpaired) electrons. The highest BCUT2D eigenvalue weighted by Gasteiger charge is 2.17. The molecule has 0 amide bonds. The third kappa shape index (κ3) is 3.13. The number of benzene rings is 2. The van der Waals surface area contributed by atoms with E-state index in [1.165, 1.54) is 30.3 Å². The van der Waals surface area contributed by atoms with Gasteiger partial charge in [0, 0.05) is 6.07 Å². The molecule has 0 aliphatic rings. The van der Waals surface area contributed by atoms with Crippen LogP contribution in [0.2, 0.25) is 20.1 Å². The number of hydrogen-bond donors (Lipinski definition) is 1. The molecule has 0 unspecified atom stereocenters. The molecule has 7 heteroatoms. The van der Waals surface area contributed by atoms with Gasteiger partial charge >= 0.3 is 5.97 Å². The maximum Gasteiger partial charge on any atom is 0.339 e. The number of carbonyl (C=O) groups is 1. The van der Waals surface area contributed by atoms with E-state index in [0.29, 0.717) is 0 Å². The highest BCUT2D eigenvalue weighted by Crippen LogP contribution is 2.39. The molecule has 2 rings (SSSR count). The smallest absolute Gasteiger partial charge is 0.339 e. The van der Waals surface area contributed by atoms with Crippen molar-refractivity contribution < 1.29 is 14.6 Å². The third-order valence-electron chi connectivity index (χ3n) is 2.38. The summed E-state index contributed by atoms with van der Waals surface area (Å²) < 4.78 is 5.48. The minimum atomic E-state index is -1.17. The van der Waals surface area contributed by atoms with Gasteiger partial charge < -0.3 is 9.84 Å². The van der Waals surface area contributed by atoms with Crippen molar-refractivity contribution >= 4 is 52.4 Å². The summed E-state index contributed by atoms with van der Waals surface area (Å²) in [6.07, 6.45) is 0. The average molecular weight is 352 g/mol. The Bertz CT molecular complexity index is 686. The minimum absolute atomic E-state index is 0.0121. The van der Waals surface area contributed by atoms with Gasteiger partial charge in [0.15, 0.2) is 5.75 Å². The van der Waals surface area contributed by atoms with E-state index in [1.54, 1.807) is 0 Å². The van der Waals surface area contributed by atoms with Crippen molar-refractivity contribution in [1.29, 1.82) is 0 Å². The number of halogens is 4. The topological polar surface area (TPSA) is 46.5 Å². The predicted molar refractivity (Wildman–Crippen MR) is 80.0 cm³/mol. The fourth-order valence-electron chi connectivity index (χ4n) is 1.47. The molecule has 2 aromatic rings. The molecule has 0 spiro atoms. The fourth-order valence-corrected chi connectivity index (χ4v) is 2.26. The van der Waals surface area contributed by atoms with E-state index in [1.807, 2.05) is 0 Å². The zero-order chi connectivity index (χ0) is 14.9. The first-order chi connectivity index (χ1) is 9.40. The zero-order valence-corrected chi connectivity index (χ0v) is 12.7. The Morgan fingerprint density at radius 2 is 1.60 bits per heavy atom. The highest BCUT2D eigenvalue weighted by molar-refractivity contribution is 6.43. The van der Waals surface area contributed by atoms with Crippen molar-refractivity contribution in [2.24, 2.45) is 0 Å². The molecule has 0 aromatic heterocycles. The van der Waals surface area contributed by atoms with Crippen LogP contribution in [0.5, 0.6) is 11.5 Å². The number of hydrogen-bond acceptors (Lipinski definition) is 2. The molecular formula is C13H6Cl4O3. The largest absolute Gasteiger partial charge is 0.478 e. The zero-order valence-electron chi connectivity index (χ0n) is 9.66. The van der Waals surface area contributed by atoms with Gasteiger partial charge in [-0.2, -0.15) is 0 Å². The number of rotatable bonds is 3. The van der Waals surface area contributed by atoms with E-state index in [2.05, 4.69) is 0 Å². The van der Waals surface area contributed by atoms with E-state index in [4.69, 9.17) is 56.2 Å². The summed E-state index contributed by atoms with van der Waals surface area (Å²) in [5, 5.41) is 9.95. The first-order valence-electron chi connectivity index (χ1n) is 5.24. The Morgan fingerprint density at radius 3 is 2.25 bits per heavy atom. The van der Waals surface area contributed by atoms with Gasteiger partial charge in [-0.25, -0.2) is 4.79 Å². The van der Waals surface area contributed by atoms with Crippen LogP contribution in [-0.4, -0.2) is 11.1 Å². The van der Waals surface area contributed by atoms with Crippen LogP contribution in [0.15, 0.2) is 30.3 Å². The van der Waals surface area contributed by atoms with Gasteiger partial charge in [-0.15, -0.1) is 0 Å². The monoisotopic (exact) mass is 350 g/mol. The Balaban J connectivity index is 2.50. The second kappa shape index (κ2) is 6.10. The molecule has 2 aromatic carbocycles. The second-order valence-electron chi connectivity index (χ2n) is 3.72. The van der Waals surface area contributed by atoms with E-state index >= 15 is 0 Å². The lowest BCUT2D eigenvalue weighted by Crippen LogP contribution is -2.00. The van der Waals surface area contributed by atoms with E-state index in [0.717, 1.165) is 0 Å². The molecule has 104 valence electrons. The number of ether oxygens (including phenoxy) is 1. The molecule has 0 bridgehead atoms. The Kier molecular flexibility index (Phi) is 4.66. The van der Waals surface area contributed by atoms with Crippen molar-refractivity contribution in [3.05, 3.63) is 56.0 Å². The summed E-state index contributed by atoms with van der Waals surface area (Å²) >= 11 is 23.6. The second-order valence-corrected chi connectivity index (χ2v) is 5.35. The maximum atomic E-state index is 11.2. The highest BCUT2D eigenvalue weighted by atomic mass is 35.5. The van der Waals surface area contributed by atoms with Crippen molar-refractivity contribution in [2.75, 3.05) is 0 Å². The lowest BCUT2D eigenvalue weighted by molar-refractivity contribution is 0.0694. The van der Waals surface area contributed by atoms with Crippen LogP contribution in [0, 0.1) is 0 Å². The van der Waals surface area contributed by atoms with E-state index < -0.39 is 5.97 Å². The van der Waals surface area contributed by atoms with Gasteiger partial charge in [0.1, 0.15) is 11.3 Å². The summed E-state index contributed by atoms with van der Waals surface area (Å²) in [6, 6.07) is 7.18. The molecule has 0 heterocycles. The number of carboxylic acid groups (broad SMARTS) is 1. The molecular weight excluding hydrogens is 346 g/mol. The maximum absolute atomic E-state index is 11.2. The van der Waals surface area contributed by atoms with Crippen LogP contribution in [0.4, 0.5) is 0 Å². The lowest BCUT2D eigenvalue weighted by atomic mass is 10.2. The number of aromatic carboxylic acids is 1. The molecule has 0 atom stereocenters. The van der Waals surface area contributed by atoms with Gasteiger partial charge in [-0.05, 0) is 18.2 Å². The van der Waals surface area contributed by atoms with Gasteiger partial charge in [-0.3, -0.25) is 0 Å². The molecule has 1 N–H and O–H groups in total. The van der Waals surface area contributed by atoms with Gasteiger partial charge in [0.25, 0.3) is 0 Å². The normalized spacial score (nSPS) is 10.4. The third-order valence-corrected chi connectivity index (χ3v) is 3.70. The molecule has 0 aliphatic heterocycles. The number of carboxylic acids is 1. The van der Waals surface area contributed by atoms with Crippen molar-refractivity contribution in [2.45, 2.75) is 0 Å². The SMILES string of the molecule is O=C(O)c1cccc(Cl)c1Oc1cc(Cl)c(Cl)cc1Cl. The van der Waals surface area contributed by atoms with Crippen LogP contribution in [0.1, 0.15) is 10.4 Å². The van der Waals surface area contributed by atoms with Gasteiger partial charge in [-0.1, -0.05) is 52.5 Å². The van der Waals surface area contributed by atoms with E-state index in [9.17, 15) is 4.79 Å². The van der Waals surface area contributed by atoms with Gasteiger partial charge in [0.05, 0.1) is 20.1 Å². The first-order valence-corrected chi connectivity index (χ1v) is 6.75. The van der Waals surface area contributed by atoms with Crippen LogP contribution < -0.4 is 4.74 Å². The summed E-state index contributed by atoms with van der Waals surface area (Å²) in [4.78, 5) is 11.2. The molecule has 0 fully saturated rings. The average Bonchev–Trinajstić information content (AvgIpc) is 2.37. The Labute approximate surface area is 134 Å².